The molecule has 0 aromatic heterocycles. The van der Waals surface area contributed by atoms with Crippen LogP contribution in [0.5, 0.6) is 0 Å². The van der Waals surface area contributed by atoms with Crippen LogP contribution in [0, 0.1) is 5.92 Å². The molecular weight excluding hydrogens is 312 g/mol. The zero-order valence-corrected chi connectivity index (χ0v) is 13.7. The second-order valence-electron chi connectivity index (χ2n) is 5.36. The Labute approximate surface area is 131 Å². The van der Waals surface area contributed by atoms with E-state index >= 15 is 0 Å². The van der Waals surface area contributed by atoms with E-state index in [1.807, 2.05) is 6.92 Å². The molecule has 1 aliphatic rings. The van der Waals surface area contributed by atoms with E-state index in [-0.39, 0.29) is 9.92 Å². The van der Waals surface area contributed by atoms with Gasteiger partial charge in [0, 0.05) is 19.7 Å². The highest BCUT2D eigenvalue weighted by Gasteiger charge is 2.23. The Morgan fingerprint density at radius 3 is 2.86 bits per heavy atom. The normalized spacial score (nSPS) is 20.0. The molecule has 118 valence electrons. The lowest BCUT2D eigenvalue weighted by Gasteiger charge is -2.16. The summed E-state index contributed by atoms with van der Waals surface area (Å²) in [4.78, 5) is 2.30. The number of ether oxygens (including phenoxy) is 1. The summed E-state index contributed by atoms with van der Waals surface area (Å²) >= 11 is 6.00. The van der Waals surface area contributed by atoms with Crippen LogP contribution in [0.2, 0.25) is 5.02 Å². The highest BCUT2D eigenvalue weighted by atomic mass is 35.5. The number of hydrogen-bond acceptors (Lipinski definition) is 4. The van der Waals surface area contributed by atoms with Crippen LogP contribution in [-0.2, 0) is 21.3 Å². The van der Waals surface area contributed by atoms with Crippen LogP contribution in [0.4, 0.5) is 0 Å². The van der Waals surface area contributed by atoms with Gasteiger partial charge in [0.2, 0.25) is 10.0 Å². The van der Waals surface area contributed by atoms with Crippen LogP contribution in [0.15, 0.2) is 23.1 Å². The summed E-state index contributed by atoms with van der Waals surface area (Å²) in [5, 5.41) is 5.28. The summed E-state index contributed by atoms with van der Waals surface area (Å²) in [6, 6.07) is 4.92. The quantitative estimate of drug-likeness (QED) is 0.862. The van der Waals surface area contributed by atoms with Crippen molar-refractivity contribution in [2.75, 3.05) is 26.3 Å². The van der Waals surface area contributed by atoms with Crippen molar-refractivity contribution in [3.63, 3.8) is 0 Å². The van der Waals surface area contributed by atoms with Gasteiger partial charge in [-0.15, -0.1) is 0 Å². The average molecular weight is 333 g/mol. The van der Waals surface area contributed by atoms with E-state index in [4.69, 9.17) is 21.5 Å². The topological polar surface area (TPSA) is 72.6 Å². The fourth-order valence-electron chi connectivity index (χ4n) is 2.61. The van der Waals surface area contributed by atoms with Crippen LogP contribution in [0.1, 0.15) is 18.9 Å². The first kappa shape index (κ1) is 16.7. The van der Waals surface area contributed by atoms with E-state index in [9.17, 15) is 8.42 Å². The van der Waals surface area contributed by atoms with Gasteiger partial charge in [-0.25, -0.2) is 13.6 Å². The molecule has 1 saturated heterocycles. The molecule has 2 N–H and O–H groups in total. The van der Waals surface area contributed by atoms with Crippen LogP contribution >= 0.6 is 11.6 Å². The number of halogens is 1. The van der Waals surface area contributed by atoms with Gasteiger partial charge in [0.05, 0.1) is 11.6 Å². The Bertz CT molecular complexity index is 592. The molecule has 21 heavy (non-hydrogen) atoms. The number of rotatable bonds is 6. The number of benzene rings is 1. The molecule has 0 spiro atoms. The molecule has 5 nitrogen and oxygen atoms in total. The van der Waals surface area contributed by atoms with Gasteiger partial charge in [0.15, 0.2) is 0 Å². The molecule has 1 aromatic carbocycles. The van der Waals surface area contributed by atoms with E-state index in [0.29, 0.717) is 5.92 Å². The van der Waals surface area contributed by atoms with Crippen molar-refractivity contribution >= 4 is 21.6 Å². The Balaban J connectivity index is 1.97. The van der Waals surface area contributed by atoms with Gasteiger partial charge in [0.25, 0.3) is 0 Å². The Morgan fingerprint density at radius 1 is 1.48 bits per heavy atom. The fourth-order valence-corrected chi connectivity index (χ4v) is 3.72. The predicted octanol–water partition coefficient (Wildman–Crippen LogP) is 1.85. The maximum atomic E-state index is 11.3. The molecule has 1 aliphatic heterocycles. The maximum Gasteiger partial charge on any atom is 0.239 e. The molecule has 0 unspecified atom stereocenters. The van der Waals surface area contributed by atoms with Crippen molar-refractivity contribution in [3.05, 3.63) is 28.8 Å². The Kier molecular flexibility index (Phi) is 5.62. The van der Waals surface area contributed by atoms with Crippen LogP contribution in [-0.4, -0.2) is 39.6 Å². The van der Waals surface area contributed by atoms with Gasteiger partial charge in [0.1, 0.15) is 4.90 Å². The maximum absolute atomic E-state index is 11.3. The largest absolute Gasteiger partial charge is 0.381 e. The average Bonchev–Trinajstić information content (AvgIpc) is 2.82. The van der Waals surface area contributed by atoms with Gasteiger partial charge >= 0.3 is 0 Å². The van der Waals surface area contributed by atoms with Crippen molar-refractivity contribution in [3.8, 4) is 0 Å². The summed E-state index contributed by atoms with van der Waals surface area (Å²) in [7, 11) is -3.76. The summed E-state index contributed by atoms with van der Waals surface area (Å²) in [5.41, 5.74) is 0.990. The lowest BCUT2D eigenvalue weighted by atomic mass is 10.1. The summed E-state index contributed by atoms with van der Waals surface area (Å²) < 4.78 is 28.1. The SMILES string of the molecule is CCOC[C@@H]1CCN(Cc2ccc(S(N)(=O)=O)c(Cl)c2)C1. The summed E-state index contributed by atoms with van der Waals surface area (Å²) in [5.74, 6) is 0.573. The lowest BCUT2D eigenvalue weighted by molar-refractivity contribution is 0.111. The zero-order chi connectivity index (χ0) is 15.5. The van der Waals surface area contributed by atoms with Crippen molar-refractivity contribution in [1.82, 2.24) is 4.90 Å². The van der Waals surface area contributed by atoms with E-state index in [1.54, 1.807) is 12.1 Å². The van der Waals surface area contributed by atoms with Crippen molar-refractivity contribution in [1.29, 1.82) is 0 Å². The molecule has 0 amide bonds. The van der Waals surface area contributed by atoms with E-state index in [1.165, 1.54) is 6.07 Å². The molecule has 7 heteroatoms. The van der Waals surface area contributed by atoms with Gasteiger partial charge < -0.3 is 4.74 Å². The van der Waals surface area contributed by atoms with Gasteiger partial charge in [-0.05, 0) is 43.5 Å². The molecule has 0 aliphatic carbocycles. The highest BCUT2D eigenvalue weighted by Crippen LogP contribution is 2.24. The van der Waals surface area contributed by atoms with Gasteiger partial charge in [-0.1, -0.05) is 17.7 Å². The number of nitrogens with two attached hydrogens (primary N) is 1. The number of primary sulfonamides is 1. The third kappa shape index (κ3) is 4.66. The minimum absolute atomic E-state index is 0.0245. The lowest BCUT2D eigenvalue weighted by Crippen LogP contribution is -2.21. The monoisotopic (exact) mass is 332 g/mol. The predicted molar refractivity (Wildman–Crippen MR) is 82.7 cm³/mol. The number of nitrogens with zero attached hydrogens (tertiary/aromatic N) is 1. The fraction of sp³-hybridized carbons (Fsp3) is 0.571. The zero-order valence-electron chi connectivity index (χ0n) is 12.1. The van der Waals surface area contributed by atoms with Crippen molar-refractivity contribution < 1.29 is 13.2 Å². The van der Waals surface area contributed by atoms with Crippen LogP contribution in [0.25, 0.3) is 0 Å². The molecule has 1 atom stereocenters. The molecule has 0 radical (unpaired) electrons. The van der Waals surface area contributed by atoms with E-state index < -0.39 is 10.0 Å². The molecule has 1 fully saturated rings. The van der Waals surface area contributed by atoms with E-state index in [0.717, 1.165) is 44.8 Å². The van der Waals surface area contributed by atoms with Crippen LogP contribution < -0.4 is 5.14 Å². The second-order valence-corrected chi connectivity index (χ2v) is 7.30. The van der Waals surface area contributed by atoms with Crippen molar-refractivity contribution in [2.45, 2.75) is 24.8 Å². The molecule has 0 bridgehead atoms. The van der Waals surface area contributed by atoms with Crippen LogP contribution in [0.3, 0.4) is 0 Å². The second kappa shape index (κ2) is 7.07. The first-order valence-corrected chi connectivity index (χ1v) is 8.94. The molecular formula is C14H21ClN2O3S. The standard InChI is InChI=1S/C14H21ClN2O3S/c1-2-20-10-12-5-6-17(9-12)8-11-3-4-14(13(15)7-11)21(16,18)19/h3-4,7,12H,2,5-6,8-10H2,1H3,(H2,16,18,19)/t12-/m1/s1. The minimum atomic E-state index is -3.76. The van der Waals surface area contributed by atoms with E-state index in [2.05, 4.69) is 4.90 Å². The summed E-state index contributed by atoms with van der Waals surface area (Å²) in [6.07, 6.45) is 1.13. The number of hydrogen-bond donors (Lipinski definition) is 1. The molecule has 2 rings (SSSR count). The van der Waals surface area contributed by atoms with Gasteiger partial charge in [-0.3, -0.25) is 4.90 Å². The minimum Gasteiger partial charge on any atom is -0.381 e. The summed E-state index contributed by atoms with van der Waals surface area (Å²) in [6.45, 7) is 6.33. The Hall–Kier alpha value is -0.660. The third-order valence-corrected chi connectivity index (χ3v) is 5.03. The Morgan fingerprint density at radius 2 is 2.24 bits per heavy atom. The first-order valence-electron chi connectivity index (χ1n) is 7.01. The highest BCUT2D eigenvalue weighted by molar-refractivity contribution is 7.89. The third-order valence-electron chi connectivity index (χ3n) is 3.64. The molecule has 0 saturated carbocycles. The first-order chi connectivity index (χ1) is 9.90. The van der Waals surface area contributed by atoms with Crippen molar-refractivity contribution in [2.24, 2.45) is 11.1 Å². The number of likely N-dealkylation sites (tertiary alicyclic amines) is 1. The molecule has 1 aromatic rings. The number of sulfonamides is 1. The molecule has 1 heterocycles. The smallest absolute Gasteiger partial charge is 0.239 e. The van der Waals surface area contributed by atoms with Gasteiger partial charge in [-0.2, -0.15) is 0 Å².